The van der Waals surface area contributed by atoms with Crippen LogP contribution in [0.2, 0.25) is 0 Å². The van der Waals surface area contributed by atoms with Crippen molar-refractivity contribution in [3.8, 4) is 0 Å². The Hall–Kier alpha value is -1.90. The summed E-state index contributed by atoms with van der Waals surface area (Å²) in [4.78, 5) is 0. The van der Waals surface area contributed by atoms with Gasteiger partial charge in [0, 0.05) is 5.92 Å². The van der Waals surface area contributed by atoms with Crippen molar-refractivity contribution in [1.29, 1.82) is 0 Å². The van der Waals surface area contributed by atoms with Crippen molar-refractivity contribution in [2.24, 2.45) is 5.41 Å². The summed E-state index contributed by atoms with van der Waals surface area (Å²) in [5, 5.41) is 0. The smallest absolute Gasteiger partial charge is 0.258 e. The van der Waals surface area contributed by atoms with Gasteiger partial charge < -0.3 is 0 Å². The van der Waals surface area contributed by atoms with Crippen LogP contribution < -0.4 is 4.72 Å². The SMILES string of the molecule is CC(C)(CCOS(=O)(=O)NCC(F)(F)F)CC(c1ccccc1)c1ccccc1. The highest BCUT2D eigenvalue weighted by atomic mass is 32.2. The van der Waals surface area contributed by atoms with Gasteiger partial charge in [0.1, 0.15) is 6.54 Å². The molecule has 0 saturated heterocycles. The Morgan fingerprint density at radius 3 is 1.86 bits per heavy atom. The molecule has 1 N–H and O–H groups in total. The number of alkyl halides is 3. The van der Waals surface area contributed by atoms with Gasteiger partial charge in [-0.05, 0) is 29.4 Å². The van der Waals surface area contributed by atoms with Crippen molar-refractivity contribution in [1.82, 2.24) is 4.72 Å². The summed E-state index contributed by atoms with van der Waals surface area (Å²) in [5.74, 6) is 0.104. The van der Waals surface area contributed by atoms with Gasteiger partial charge in [0.2, 0.25) is 0 Å². The van der Waals surface area contributed by atoms with Crippen LogP contribution in [0.25, 0.3) is 0 Å². The van der Waals surface area contributed by atoms with Gasteiger partial charge in [0.15, 0.2) is 0 Å². The lowest BCUT2D eigenvalue weighted by Crippen LogP contribution is -2.35. The molecule has 0 radical (unpaired) electrons. The molecule has 0 unspecified atom stereocenters. The van der Waals surface area contributed by atoms with E-state index in [4.69, 9.17) is 4.18 Å². The van der Waals surface area contributed by atoms with Gasteiger partial charge in [-0.1, -0.05) is 74.5 Å². The Balaban J connectivity index is 2.01. The lowest BCUT2D eigenvalue weighted by atomic mass is 9.75. The minimum absolute atomic E-state index is 0.104. The van der Waals surface area contributed by atoms with Crippen LogP contribution in [0.15, 0.2) is 60.7 Å². The highest BCUT2D eigenvalue weighted by Crippen LogP contribution is 2.38. The Kier molecular flexibility index (Phi) is 7.85. The van der Waals surface area contributed by atoms with Crippen molar-refractivity contribution < 1.29 is 25.8 Å². The number of hydrogen-bond donors (Lipinski definition) is 1. The zero-order chi connectivity index (χ0) is 21.5. The second-order valence-corrected chi connectivity index (χ2v) is 9.14. The van der Waals surface area contributed by atoms with E-state index in [2.05, 4.69) is 24.3 Å². The molecule has 8 heteroatoms. The summed E-state index contributed by atoms with van der Waals surface area (Å²) in [5.41, 5.74) is 1.98. The van der Waals surface area contributed by atoms with E-state index in [0.29, 0.717) is 6.42 Å². The molecule has 0 heterocycles. The van der Waals surface area contributed by atoms with Gasteiger partial charge in [-0.2, -0.15) is 26.3 Å². The summed E-state index contributed by atoms with van der Waals surface area (Å²) in [6.45, 7) is 2.13. The zero-order valence-corrected chi connectivity index (χ0v) is 17.3. The van der Waals surface area contributed by atoms with Crippen molar-refractivity contribution in [3.05, 3.63) is 71.8 Å². The molecule has 2 aromatic carbocycles. The Morgan fingerprint density at radius 2 is 1.41 bits per heavy atom. The summed E-state index contributed by atoms with van der Waals surface area (Å²) >= 11 is 0. The maximum absolute atomic E-state index is 12.2. The lowest BCUT2D eigenvalue weighted by Gasteiger charge is -2.30. The molecule has 0 bridgehead atoms. The van der Waals surface area contributed by atoms with Crippen LogP contribution in [0.3, 0.4) is 0 Å². The molecule has 4 nitrogen and oxygen atoms in total. The molecule has 2 rings (SSSR count). The molecule has 0 aliphatic heterocycles. The van der Waals surface area contributed by atoms with Crippen molar-refractivity contribution in [3.63, 3.8) is 0 Å². The quantitative estimate of drug-likeness (QED) is 0.576. The molecule has 2 aromatic rings. The monoisotopic (exact) mass is 429 g/mol. The minimum atomic E-state index is -4.63. The summed E-state index contributed by atoms with van der Waals surface area (Å²) in [6, 6.07) is 20.0. The molecular weight excluding hydrogens is 403 g/mol. The minimum Gasteiger partial charge on any atom is -0.258 e. The second kappa shape index (κ2) is 9.73. The topological polar surface area (TPSA) is 55.4 Å². The van der Waals surface area contributed by atoms with Gasteiger partial charge in [-0.3, -0.25) is 4.18 Å². The molecule has 0 saturated carbocycles. The number of nitrogens with one attached hydrogen (secondary N) is 1. The first-order valence-electron chi connectivity index (χ1n) is 9.28. The molecule has 29 heavy (non-hydrogen) atoms. The predicted molar refractivity (Wildman–Crippen MR) is 107 cm³/mol. The van der Waals surface area contributed by atoms with E-state index in [-0.39, 0.29) is 17.9 Å². The zero-order valence-electron chi connectivity index (χ0n) is 16.4. The predicted octanol–water partition coefficient (Wildman–Crippen LogP) is 5.04. The van der Waals surface area contributed by atoms with Crippen molar-refractivity contribution in [2.45, 2.75) is 38.8 Å². The van der Waals surface area contributed by atoms with Gasteiger partial charge in [0.25, 0.3) is 0 Å². The van der Waals surface area contributed by atoms with E-state index in [1.807, 2.05) is 50.2 Å². The fourth-order valence-electron chi connectivity index (χ4n) is 3.09. The summed E-state index contributed by atoms with van der Waals surface area (Å²) < 4.78 is 65.8. The van der Waals surface area contributed by atoms with Gasteiger partial charge in [-0.25, -0.2) is 0 Å². The van der Waals surface area contributed by atoms with E-state index in [9.17, 15) is 21.6 Å². The van der Waals surface area contributed by atoms with Gasteiger partial charge >= 0.3 is 16.5 Å². The van der Waals surface area contributed by atoms with E-state index < -0.39 is 23.0 Å². The number of hydrogen-bond acceptors (Lipinski definition) is 3. The molecule has 160 valence electrons. The van der Waals surface area contributed by atoms with Crippen LogP contribution in [-0.4, -0.2) is 27.7 Å². The van der Waals surface area contributed by atoms with Crippen LogP contribution in [0, 0.1) is 5.41 Å². The van der Waals surface area contributed by atoms with E-state index in [1.165, 1.54) is 4.72 Å². The van der Waals surface area contributed by atoms with Crippen LogP contribution in [-0.2, 0) is 14.5 Å². The molecule has 0 atom stereocenters. The third kappa shape index (κ3) is 8.55. The molecule has 0 aromatic heterocycles. The highest BCUT2D eigenvalue weighted by Gasteiger charge is 2.30. The maximum atomic E-state index is 12.2. The first kappa shape index (κ1) is 23.4. The molecule has 0 amide bonds. The molecular formula is C21H26F3NO3S. The highest BCUT2D eigenvalue weighted by molar-refractivity contribution is 7.84. The maximum Gasteiger partial charge on any atom is 0.402 e. The van der Waals surface area contributed by atoms with Crippen LogP contribution in [0.4, 0.5) is 13.2 Å². The Bertz CT molecular complexity index is 814. The van der Waals surface area contributed by atoms with Gasteiger partial charge in [0.05, 0.1) is 6.61 Å². The molecule has 0 aliphatic rings. The van der Waals surface area contributed by atoms with E-state index >= 15 is 0 Å². The van der Waals surface area contributed by atoms with Crippen LogP contribution in [0.5, 0.6) is 0 Å². The number of halogens is 3. The lowest BCUT2D eigenvalue weighted by molar-refractivity contribution is -0.121. The van der Waals surface area contributed by atoms with E-state index in [1.54, 1.807) is 0 Å². The Labute approximate surface area is 170 Å². The van der Waals surface area contributed by atoms with Crippen molar-refractivity contribution in [2.75, 3.05) is 13.2 Å². The standard InChI is InChI=1S/C21H26F3NO3S/c1-20(2,13-14-28-29(26,27)25-16-21(22,23)24)15-19(17-9-5-3-6-10-17)18-11-7-4-8-12-18/h3-12,19,25H,13-16H2,1-2H3. The fraction of sp³-hybridized carbons (Fsp3) is 0.429. The first-order valence-corrected chi connectivity index (χ1v) is 10.7. The normalized spacial score (nSPS) is 13.0. The molecule has 0 aliphatic carbocycles. The average molecular weight is 430 g/mol. The first-order chi connectivity index (χ1) is 13.5. The Morgan fingerprint density at radius 1 is 0.931 bits per heavy atom. The summed E-state index contributed by atoms with van der Waals surface area (Å²) in [6.07, 6.45) is -3.54. The van der Waals surface area contributed by atoms with Crippen LogP contribution >= 0.6 is 0 Å². The largest absolute Gasteiger partial charge is 0.402 e. The average Bonchev–Trinajstić information content (AvgIpc) is 2.65. The van der Waals surface area contributed by atoms with Crippen molar-refractivity contribution >= 4 is 10.3 Å². The third-order valence-corrected chi connectivity index (χ3v) is 5.60. The van der Waals surface area contributed by atoms with E-state index in [0.717, 1.165) is 17.5 Å². The summed E-state index contributed by atoms with van der Waals surface area (Å²) in [7, 11) is -4.44. The fourth-order valence-corrected chi connectivity index (χ4v) is 3.82. The second-order valence-electron chi connectivity index (χ2n) is 7.70. The number of benzene rings is 2. The van der Waals surface area contributed by atoms with Crippen LogP contribution in [0.1, 0.15) is 43.7 Å². The molecule has 0 fully saturated rings. The number of rotatable bonds is 10. The van der Waals surface area contributed by atoms with Gasteiger partial charge in [-0.15, -0.1) is 0 Å². The third-order valence-electron chi connectivity index (χ3n) is 4.63. The molecule has 0 spiro atoms.